The van der Waals surface area contributed by atoms with E-state index >= 15 is 0 Å². The van der Waals surface area contributed by atoms with Gasteiger partial charge in [-0.3, -0.25) is 9.10 Å². The fraction of sp³-hybridized carbons (Fsp3) is 0.381. The molecule has 0 spiro atoms. The topological polar surface area (TPSA) is 84.9 Å². The van der Waals surface area contributed by atoms with E-state index in [0.717, 1.165) is 24.7 Å². The minimum absolute atomic E-state index is 0.224. The van der Waals surface area contributed by atoms with Gasteiger partial charge >= 0.3 is 0 Å². The highest BCUT2D eigenvalue weighted by Crippen LogP contribution is 2.28. The maximum absolute atomic E-state index is 12.6. The quantitative estimate of drug-likeness (QED) is 0.631. The number of ether oxygens (including phenoxy) is 2. The van der Waals surface area contributed by atoms with E-state index < -0.39 is 10.0 Å². The number of sulfonamides is 1. The van der Waals surface area contributed by atoms with Crippen LogP contribution in [-0.4, -0.2) is 48.4 Å². The maximum Gasteiger partial charge on any atom is 0.251 e. The lowest BCUT2D eigenvalue weighted by Crippen LogP contribution is -2.28. The molecule has 29 heavy (non-hydrogen) atoms. The second-order valence-electron chi connectivity index (χ2n) is 6.73. The predicted molar refractivity (Wildman–Crippen MR) is 115 cm³/mol. The molecule has 0 aromatic heterocycles. The Morgan fingerprint density at radius 1 is 1.10 bits per heavy atom. The van der Waals surface area contributed by atoms with Crippen molar-refractivity contribution in [1.82, 2.24) is 5.32 Å². The Labute approximate surface area is 172 Å². The molecular weight excluding hydrogens is 392 g/mol. The number of carbonyl (C=O) groups excluding carboxylic acids is 1. The first kappa shape index (κ1) is 22.5. The second kappa shape index (κ2) is 9.65. The van der Waals surface area contributed by atoms with Crippen LogP contribution in [0.3, 0.4) is 0 Å². The molecule has 1 N–H and O–H groups in total. The average molecular weight is 421 g/mol. The summed E-state index contributed by atoms with van der Waals surface area (Å²) in [6.45, 7) is 2.24. The van der Waals surface area contributed by atoms with Crippen LogP contribution in [0.2, 0.25) is 0 Å². The molecule has 0 atom stereocenters. The first-order valence-corrected chi connectivity index (χ1v) is 11.1. The Kier molecular flexibility index (Phi) is 7.50. The zero-order chi connectivity index (χ0) is 21.6. The van der Waals surface area contributed by atoms with Crippen LogP contribution in [0, 0.1) is 6.92 Å². The molecule has 0 radical (unpaired) electrons. The van der Waals surface area contributed by atoms with Gasteiger partial charge in [-0.1, -0.05) is 12.1 Å². The highest BCUT2D eigenvalue weighted by molar-refractivity contribution is 7.92. The number of benzene rings is 2. The van der Waals surface area contributed by atoms with Crippen LogP contribution in [0.1, 0.15) is 27.9 Å². The van der Waals surface area contributed by atoms with Crippen molar-refractivity contribution in [3.8, 4) is 11.5 Å². The van der Waals surface area contributed by atoms with E-state index in [4.69, 9.17) is 9.47 Å². The SMILES string of the molecule is COc1ccc(CCCNC(=O)c2cccc(N(C)S(C)(=O)=O)c2C)cc1OC. The normalized spacial score (nSPS) is 11.1. The zero-order valence-corrected chi connectivity index (χ0v) is 18.3. The molecule has 2 aromatic rings. The molecule has 1 amide bonds. The van der Waals surface area contributed by atoms with Crippen LogP contribution in [-0.2, 0) is 16.4 Å². The molecule has 8 heteroatoms. The highest BCUT2D eigenvalue weighted by Gasteiger charge is 2.18. The van der Waals surface area contributed by atoms with Gasteiger partial charge in [-0.05, 0) is 55.2 Å². The van der Waals surface area contributed by atoms with E-state index in [-0.39, 0.29) is 5.91 Å². The number of rotatable bonds is 9. The largest absolute Gasteiger partial charge is 0.493 e. The van der Waals surface area contributed by atoms with Crippen molar-refractivity contribution >= 4 is 21.6 Å². The molecule has 2 aromatic carbocycles. The number of carbonyl (C=O) groups is 1. The minimum atomic E-state index is -3.40. The highest BCUT2D eigenvalue weighted by atomic mass is 32.2. The first-order valence-electron chi connectivity index (χ1n) is 9.21. The number of methoxy groups -OCH3 is 2. The van der Waals surface area contributed by atoms with E-state index in [2.05, 4.69) is 5.32 Å². The molecule has 158 valence electrons. The summed E-state index contributed by atoms with van der Waals surface area (Å²) in [4.78, 5) is 12.6. The summed E-state index contributed by atoms with van der Waals surface area (Å²) < 4.78 is 35.3. The molecule has 0 heterocycles. The number of nitrogens with one attached hydrogen (secondary N) is 1. The van der Waals surface area contributed by atoms with Crippen LogP contribution in [0.25, 0.3) is 0 Å². The second-order valence-corrected chi connectivity index (χ2v) is 8.74. The van der Waals surface area contributed by atoms with Gasteiger partial charge in [0, 0.05) is 19.2 Å². The molecule has 0 saturated carbocycles. The van der Waals surface area contributed by atoms with Crippen molar-refractivity contribution < 1.29 is 22.7 Å². The van der Waals surface area contributed by atoms with Crippen LogP contribution in [0.5, 0.6) is 11.5 Å². The standard InChI is InChI=1S/C21H28N2O5S/c1-15-17(9-6-10-18(15)23(2)29(5,25)26)21(24)22-13-7-8-16-11-12-19(27-3)20(14-16)28-4/h6,9-12,14H,7-8,13H2,1-5H3,(H,22,24). The molecule has 0 fully saturated rings. The summed E-state index contributed by atoms with van der Waals surface area (Å²) in [7, 11) is 1.27. The molecule has 2 rings (SSSR count). The number of aryl methyl sites for hydroxylation is 1. The van der Waals surface area contributed by atoms with Gasteiger partial charge in [0.15, 0.2) is 11.5 Å². The van der Waals surface area contributed by atoms with Crippen molar-refractivity contribution in [2.45, 2.75) is 19.8 Å². The summed E-state index contributed by atoms with van der Waals surface area (Å²) in [5.74, 6) is 1.13. The Morgan fingerprint density at radius 3 is 2.41 bits per heavy atom. The van der Waals surface area contributed by atoms with Gasteiger partial charge in [-0.15, -0.1) is 0 Å². The lowest BCUT2D eigenvalue weighted by atomic mass is 10.1. The van der Waals surface area contributed by atoms with Crippen molar-refractivity contribution in [3.05, 3.63) is 53.1 Å². The van der Waals surface area contributed by atoms with Crippen LogP contribution >= 0.6 is 0 Å². The number of amides is 1. The van der Waals surface area contributed by atoms with E-state index in [1.165, 1.54) is 11.4 Å². The van der Waals surface area contributed by atoms with Gasteiger partial charge in [-0.2, -0.15) is 0 Å². The lowest BCUT2D eigenvalue weighted by molar-refractivity contribution is 0.0952. The first-order chi connectivity index (χ1) is 13.7. The minimum Gasteiger partial charge on any atom is -0.493 e. The summed E-state index contributed by atoms with van der Waals surface area (Å²) in [6, 6.07) is 10.8. The summed E-state index contributed by atoms with van der Waals surface area (Å²) in [5.41, 5.74) is 2.66. The molecule has 0 unspecified atom stereocenters. The van der Waals surface area contributed by atoms with Crippen molar-refractivity contribution in [1.29, 1.82) is 0 Å². The van der Waals surface area contributed by atoms with Crippen LogP contribution in [0.15, 0.2) is 36.4 Å². The van der Waals surface area contributed by atoms with Crippen molar-refractivity contribution in [2.24, 2.45) is 0 Å². The lowest BCUT2D eigenvalue weighted by Gasteiger charge is -2.20. The number of nitrogens with zero attached hydrogens (tertiary/aromatic N) is 1. The molecule has 0 aliphatic carbocycles. The Hall–Kier alpha value is -2.74. The van der Waals surface area contributed by atoms with Crippen molar-refractivity contribution in [2.75, 3.05) is 38.4 Å². The summed E-state index contributed by atoms with van der Waals surface area (Å²) in [6.07, 6.45) is 2.66. The molecular formula is C21H28N2O5S. The molecule has 0 bridgehead atoms. The number of hydrogen-bond acceptors (Lipinski definition) is 5. The molecule has 0 aliphatic rings. The van der Waals surface area contributed by atoms with Gasteiger partial charge in [0.1, 0.15) is 0 Å². The summed E-state index contributed by atoms with van der Waals surface area (Å²) in [5, 5.41) is 2.90. The fourth-order valence-corrected chi connectivity index (χ4v) is 3.57. The Bertz CT molecular complexity index is 973. The van der Waals surface area contributed by atoms with E-state index in [9.17, 15) is 13.2 Å². The number of hydrogen-bond donors (Lipinski definition) is 1. The Morgan fingerprint density at radius 2 is 1.79 bits per heavy atom. The predicted octanol–water partition coefficient (Wildman–Crippen LogP) is 2.77. The Balaban J connectivity index is 1.98. The smallest absolute Gasteiger partial charge is 0.251 e. The molecule has 7 nitrogen and oxygen atoms in total. The third-order valence-corrected chi connectivity index (χ3v) is 5.95. The van der Waals surface area contributed by atoms with Crippen LogP contribution < -0.4 is 19.1 Å². The van der Waals surface area contributed by atoms with Crippen LogP contribution in [0.4, 0.5) is 5.69 Å². The summed E-state index contributed by atoms with van der Waals surface area (Å²) >= 11 is 0. The van der Waals surface area contributed by atoms with Gasteiger partial charge in [0.25, 0.3) is 5.91 Å². The van der Waals surface area contributed by atoms with E-state index in [1.807, 2.05) is 18.2 Å². The van der Waals surface area contributed by atoms with Gasteiger partial charge < -0.3 is 14.8 Å². The van der Waals surface area contributed by atoms with Gasteiger partial charge in [0.2, 0.25) is 10.0 Å². The molecule has 0 saturated heterocycles. The van der Waals surface area contributed by atoms with Gasteiger partial charge in [0.05, 0.1) is 26.2 Å². The molecule has 0 aliphatic heterocycles. The van der Waals surface area contributed by atoms with Gasteiger partial charge in [-0.25, -0.2) is 8.42 Å². The fourth-order valence-electron chi connectivity index (χ4n) is 3.02. The number of anilines is 1. The van der Waals surface area contributed by atoms with Crippen molar-refractivity contribution in [3.63, 3.8) is 0 Å². The van der Waals surface area contributed by atoms with E-state index in [0.29, 0.717) is 34.9 Å². The zero-order valence-electron chi connectivity index (χ0n) is 17.5. The van der Waals surface area contributed by atoms with E-state index in [1.54, 1.807) is 39.3 Å². The third kappa shape index (κ3) is 5.63. The average Bonchev–Trinajstić information content (AvgIpc) is 2.69. The third-order valence-electron chi connectivity index (χ3n) is 4.76. The maximum atomic E-state index is 12.6. The monoisotopic (exact) mass is 420 g/mol.